The number of carboxylic acid groups (broad SMARTS) is 1. The highest BCUT2D eigenvalue weighted by atomic mass is 16.5. The van der Waals surface area contributed by atoms with Crippen molar-refractivity contribution < 1.29 is 19.4 Å². The van der Waals surface area contributed by atoms with Crippen molar-refractivity contribution in [2.24, 2.45) is 0 Å². The number of hydrogen-bond donors (Lipinski definition) is 1. The molecule has 3 aliphatic rings. The standard InChI is InChI=1S/C24H40N4O4/c1-26(13-14-27(2)23(29)30)17-20-18-28(21-7-3-5-15-31-21)25-22(20)19-8-11-24(12-9-19)10-4-6-16-32-24/h18-19,21H,3-17H2,1-2H3,(H,29,30). The van der Waals surface area contributed by atoms with Gasteiger partial charge >= 0.3 is 6.09 Å². The lowest BCUT2D eigenvalue weighted by molar-refractivity contribution is -0.102. The SMILES string of the molecule is CN(CCN(C)C(=O)O)Cc1cn(C2CCCCO2)nc1C1CCC2(CCCCO2)CC1. The molecule has 1 aromatic rings. The van der Waals surface area contributed by atoms with Crippen LogP contribution >= 0.6 is 0 Å². The predicted octanol–water partition coefficient (Wildman–Crippen LogP) is 4.22. The van der Waals surface area contributed by atoms with Gasteiger partial charge < -0.3 is 24.4 Å². The van der Waals surface area contributed by atoms with E-state index in [0.29, 0.717) is 19.0 Å². The minimum absolute atomic E-state index is 0.0383. The molecule has 1 aliphatic carbocycles. The Labute approximate surface area is 191 Å². The number of likely N-dealkylation sites (N-methyl/N-ethyl adjacent to an activating group) is 2. The second-order valence-corrected chi connectivity index (χ2v) is 10.0. The van der Waals surface area contributed by atoms with Crippen LogP contribution in [-0.2, 0) is 16.0 Å². The molecule has 0 bridgehead atoms. The fourth-order valence-electron chi connectivity index (χ4n) is 5.50. The van der Waals surface area contributed by atoms with E-state index >= 15 is 0 Å². The first-order valence-electron chi connectivity index (χ1n) is 12.4. The molecule has 32 heavy (non-hydrogen) atoms. The van der Waals surface area contributed by atoms with E-state index < -0.39 is 6.09 Å². The summed E-state index contributed by atoms with van der Waals surface area (Å²) in [6.45, 7) is 3.67. The molecule has 1 spiro atoms. The maximum absolute atomic E-state index is 11.1. The molecule has 2 aliphatic heterocycles. The van der Waals surface area contributed by atoms with Crippen LogP contribution in [0.5, 0.6) is 0 Å². The van der Waals surface area contributed by atoms with Crippen LogP contribution in [0.15, 0.2) is 6.20 Å². The first-order chi connectivity index (χ1) is 15.5. The van der Waals surface area contributed by atoms with Crippen molar-refractivity contribution in [2.75, 3.05) is 40.4 Å². The molecular weight excluding hydrogens is 408 g/mol. The largest absolute Gasteiger partial charge is 0.465 e. The molecule has 1 unspecified atom stereocenters. The van der Waals surface area contributed by atoms with Crippen molar-refractivity contribution in [1.29, 1.82) is 0 Å². The van der Waals surface area contributed by atoms with Gasteiger partial charge in [0.1, 0.15) is 6.23 Å². The Morgan fingerprint density at radius 1 is 1.12 bits per heavy atom. The van der Waals surface area contributed by atoms with E-state index in [1.807, 2.05) is 0 Å². The molecule has 8 nitrogen and oxygen atoms in total. The molecule has 3 heterocycles. The maximum atomic E-state index is 11.1. The van der Waals surface area contributed by atoms with Gasteiger partial charge in [-0.3, -0.25) is 0 Å². The maximum Gasteiger partial charge on any atom is 0.407 e. The minimum atomic E-state index is -0.887. The van der Waals surface area contributed by atoms with Crippen molar-refractivity contribution in [3.8, 4) is 0 Å². The highest BCUT2D eigenvalue weighted by Crippen LogP contribution is 2.44. The third-order valence-corrected chi connectivity index (χ3v) is 7.59. The number of hydrogen-bond acceptors (Lipinski definition) is 5. The van der Waals surface area contributed by atoms with Crippen LogP contribution in [0, 0.1) is 0 Å². The summed E-state index contributed by atoms with van der Waals surface area (Å²) in [5.41, 5.74) is 2.58. The molecule has 2 saturated heterocycles. The fraction of sp³-hybridized carbons (Fsp3) is 0.833. The van der Waals surface area contributed by atoms with Gasteiger partial charge in [-0.1, -0.05) is 0 Å². The van der Waals surface area contributed by atoms with Gasteiger partial charge in [-0.2, -0.15) is 5.10 Å². The van der Waals surface area contributed by atoms with Crippen LogP contribution in [-0.4, -0.2) is 76.8 Å². The zero-order valence-corrected chi connectivity index (χ0v) is 19.8. The van der Waals surface area contributed by atoms with Gasteiger partial charge in [-0.25, -0.2) is 9.48 Å². The Morgan fingerprint density at radius 3 is 2.56 bits per heavy atom. The van der Waals surface area contributed by atoms with Crippen LogP contribution in [0.3, 0.4) is 0 Å². The number of rotatable bonds is 7. The summed E-state index contributed by atoms with van der Waals surface area (Å²) in [4.78, 5) is 14.6. The molecule has 0 radical (unpaired) electrons. The molecule has 1 atom stereocenters. The van der Waals surface area contributed by atoms with Crippen molar-refractivity contribution in [3.05, 3.63) is 17.5 Å². The molecule has 180 valence electrons. The van der Waals surface area contributed by atoms with Crippen LogP contribution in [0.4, 0.5) is 4.79 Å². The van der Waals surface area contributed by atoms with Gasteiger partial charge in [0.2, 0.25) is 0 Å². The molecule has 1 saturated carbocycles. The van der Waals surface area contributed by atoms with E-state index in [4.69, 9.17) is 19.7 Å². The fourth-order valence-corrected chi connectivity index (χ4v) is 5.50. The van der Waals surface area contributed by atoms with E-state index in [9.17, 15) is 4.79 Å². The highest BCUT2D eigenvalue weighted by molar-refractivity contribution is 5.64. The number of amides is 1. The van der Waals surface area contributed by atoms with Crippen LogP contribution < -0.4 is 0 Å². The Bertz CT molecular complexity index is 745. The Hall–Kier alpha value is -1.64. The van der Waals surface area contributed by atoms with E-state index in [1.165, 1.54) is 41.8 Å². The molecule has 1 amide bonds. The number of aromatic nitrogens is 2. The number of carbonyl (C=O) groups is 1. The number of nitrogens with zero attached hydrogens (tertiary/aromatic N) is 4. The Kier molecular flexibility index (Phi) is 7.74. The monoisotopic (exact) mass is 448 g/mol. The summed E-state index contributed by atoms with van der Waals surface area (Å²) in [6, 6.07) is 0. The van der Waals surface area contributed by atoms with Crippen molar-refractivity contribution in [3.63, 3.8) is 0 Å². The van der Waals surface area contributed by atoms with Crippen LogP contribution in [0.25, 0.3) is 0 Å². The summed E-state index contributed by atoms with van der Waals surface area (Å²) < 4.78 is 14.3. The normalized spacial score (nSPS) is 28.8. The molecule has 1 aromatic heterocycles. The molecule has 4 rings (SSSR count). The Balaban J connectivity index is 1.45. The molecule has 3 fully saturated rings. The lowest BCUT2D eigenvalue weighted by Crippen LogP contribution is -2.39. The number of ether oxygens (including phenoxy) is 2. The van der Waals surface area contributed by atoms with Crippen molar-refractivity contribution in [2.45, 2.75) is 88.5 Å². The summed E-state index contributed by atoms with van der Waals surface area (Å²) >= 11 is 0. The van der Waals surface area contributed by atoms with Crippen LogP contribution in [0.1, 0.15) is 87.6 Å². The van der Waals surface area contributed by atoms with Gasteiger partial charge in [0.15, 0.2) is 0 Å². The van der Waals surface area contributed by atoms with E-state index in [0.717, 1.165) is 58.3 Å². The molecule has 1 N–H and O–H groups in total. The molecule has 8 heteroatoms. The van der Waals surface area contributed by atoms with Gasteiger partial charge in [0, 0.05) is 57.6 Å². The van der Waals surface area contributed by atoms with Crippen LogP contribution in [0.2, 0.25) is 0 Å². The lowest BCUT2D eigenvalue weighted by atomic mass is 9.74. The van der Waals surface area contributed by atoms with Crippen molar-refractivity contribution in [1.82, 2.24) is 19.6 Å². The van der Waals surface area contributed by atoms with E-state index in [2.05, 4.69) is 22.8 Å². The van der Waals surface area contributed by atoms with E-state index in [1.54, 1.807) is 7.05 Å². The smallest absolute Gasteiger partial charge is 0.407 e. The quantitative estimate of drug-likeness (QED) is 0.673. The zero-order valence-electron chi connectivity index (χ0n) is 19.8. The summed E-state index contributed by atoms with van der Waals surface area (Å²) in [5, 5.41) is 14.2. The van der Waals surface area contributed by atoms with Gasteiger partial charge in [-0.05, 0) is 71.3 Å². The average Bonchev–Trinajstić information content (AvgIpc) is 3.22. The van der Waals surface area contributed by atoms with Crippen molar-refractivity contribution >= 4 is 6.09 Å². The zero-order chi connectivity index (χ0) is 22.6. The first-order valence-corrected chi connectivity index (χ1v) is 12.4. The highest BCUT2D eigenvalue weighted by Gasteiger charge is 2.39. The van der Waals surface area contributed by atoms with Gasteiger partial charge in [-0.15, -0.1) is 0 Å². The third kappa shape index (κ3) is 5.64. The lowest BCUT2D eigenvalue weighted by Gasteiger charge is -2.42. The second-order valence-electron chi connectivity index (χ2n) is 10.0. The third-order valence-electron chi connectivity index (χ3n) is 7.59. The summed E-state index contributed by atoms with van der Waals surface area (Å²) in [6.07, 6.45) is 12.9. The summed E-state index contributed by atoms with van der Waals surface area (Å²) in [5.74, 6) is 0.459. The predicted molar refractivity (Wildman–Crippen MR) is 122 cm³/mol. The average molecular weight is 449 g/mol. The summed E-state index contributed by atoms with van der Waals surface area (Å²) in [7, 11) is 3.67. The van der Waals surface area contributed by atoms with E-state index in [-0.39, 0.29) is 11.8 Å². The van der Waals surface area contributed by atoms with Gasteiger partial charge in [0.25, 0.3) is 0 Å². The minimum Gasteiger partial charge on any atom is -0.465 e. The molecular formula is C24H40N4O4. The first kappa shape index (κ1) is 23.5. The topological polar surface area (TPSA) is 80.1 Å². The Morgan fingerprint density at radius 2 is 1.91 bits per heavy atom. The second kappa shape index (κ2) is 10.5. The van der Waals surface area contributed by atoms with Gasteiger partial charge in [0.05, 0.1) is 11.3 Å². The molecule has 0 aromatic carbocycles.